The van der Waals surface area contributed by atoms with Crippen molar-refractivity contribution in [2.45, 2.75) is 0 Å². The monoisotopic (exact) mass is 216 g/mol. The molecule has 0 aliphatic carbocycles. The van der Waals surface area contributed by atoms with Crippen LogP contribution in [0.5, 0.6) is 11.5 Å². The molecule has 4 nitrogen and oxygen atoms in total. The normalized spacial score (nSPS) is 19.0. The minimum Gasteiger partial charge on any atom is -0.488 e. The van der Waals surface area contributed by atoms with Gasteiger partial charge in [0, 0.05) is 10.8 Å². The minimum absolute atomic E-state index is 0.142. The molecule has 78 valence electrons. The van der Waals surface area contributed by atoms with E-state index in [0.29, 0.717) is 11.5 Å². The predicted octanol–water partition coefficient (Wildman–Crippen LogP) is 0.490. The molecule has 1 aliphatic rings. The van der Waals surface area contributed by atoms with E-state index in [4.69, 9.17) is 19.7 Å². The summed E-state index contributed by atoms with van der Waals surface area (Å²) in [7, 11) is 0. The van der Waals surface area contributed by atoms with Crippen molar-refractivity contribution < 1.29 is 19.7 Å². The summed E-state index contributed by atoms with van der Waals surface area (Å²) in [5.41, 5.74) is -0.684. The zero-order valence-electron chi connectivity index (χ0n) is 7.60. The molecule has 0 saturated heterocycles. The van der Waals surface area contributed by atoms with Crippen molar-refractivity contribution in [2.24, 2.45) is 5.41 Å². The summed E-state index contributed by atoms with van der Waals surface area (Å²) < 4.78 is 10.9. The number of hydrogen-bond acceptors (Lipinski definition) is 5. The van der Waals surface area contributed by atoms with Crippen LogP contribution < -0.4 is 9.47 Å². The van der Waals surface area contributed by atoms with E-state index in [1.54, 1.807) is 0 Å². The van der Waals surface area contributed by atoms with Gasteiger partial charge < -0.3 is 19.7 Å². The van der Waals surface area contributed by atoms with Crippen LogP contribution in [-0.2, 0) is 0 Å². The fraction of sp³-hybridized carbons (Fsp3) is 0.556. The summed E-state index contributed by atoms with van der Waals surface area (Å²) in [5.74, 6) is 1.39. The SMILES string of the molecule is OCC1(CO)COc2cscc2OC1. The lowest BCUT2D eigenvalue weighted by Crippen LogP contribution is -2.40. The molecule has 14 heavy (non-hydrogen) atoms. The van der Waals surface area contributed by atoms with E-state index in [2.05, 4.69) is 0 Å². The Balaban J connectivity index is 2.16. The first-order valence-electron chi connectivity index (χ1n) is 4.33. The van der Waals surface area contributed by atoms with E-state index in [1.165, 1.54) is 11.3 Å². The highest BCUT2D eigenvalue weighted by Crippen LogP contribution is 2.36. The lowest BCUT2D eigenvalue weighted by atomic mass is 9.93. The van der Waals surface area contributed by atoms with Crippen molar-refractivity contribution in [3.05, 3.63) is 10.8 Å². The Hall–Kier alpha value is -0.780. The zero-order valence-corrected chi connectivity index (χ0v) is 8.42. The average Bonchev–Trinajstić information content (AvgIpc) is 2.61. The van der Waals surface area contributed by atoms with Gasteiger partial charge in [-0.2, -0.15) is 0 Å². The van der Waals surface area contributed by atoms with E-state index in [-0.39, 0.29) is 26.4 Å². The van der Waals surface area contributed by atoms with Crippen LogP contribution in [0.4, 0.5) is 0 Å². The van der Waals surface area contributed by atoms with Crippen molar-refractivity contribution in [3.63, 3.8) is 0 Å². The first kappa shape index (κ1) is 9.76. The topological polar surface area (TPSA) is 58.9 Å². The molecule has 0 amide bonds. The summed E-state index contributed by atoms with van der Waals surface area (Å²) >= 11 is 1.50. The van der Waals surface area contributed by atoms with Gasteiger partial charge in [-0.15, -0.1) is 11.3 Å². The number of rotatable bonds is 2. The molecule has 0 fully saturated rings. The molecule has 5 heteroatoms. The highest BCUT2D eigenvalue weighted by atomic mass is 32.1. The van der Waals surface area contributed by atoms with E-state index in [9.17, 15) is 0 Å². The van der Waals surface area contributed by atoms with Crippen molar-refractivity contribution >= 4 is 11.3 Å². The van der Waals surface area contributed by atoms with Crippen LogP contribution in [0.2, 0.25) is 0 Å². The molecule has 1 aliphatic heterocycles. The third-order valence-corrected chi connectivity index (χ3v) is 3.03. The van der Waals surface area contributed by atoms with E-state index >= 15 is 0 Å². The lowest BCUT2D eigenvalue weighted by molar-refractivity contribution is -0.00700. The maximum atomic E-state index is 9.17. The van der Waals surface area contributed by atoms with Gasteiger partial charge in [-0.3, -0.25) is 0 Å². The Morgan fingerprint density at radius 2 is 1.64 bits per heavy atom. The molecular weight excluding hydrogens is 204 g/mol. The molecule has 2 N–H and O–H groups in total. The van der Waals surface area contributed by atoms with Crippen LogP contribution in [0.1, 0.15) is 0 Å². The van der Waals surface area contributed by atoms with Crippen LogP contribution in [0.3, 0.4) is 0 Å². The van der Waals surface area contributed by atoms with E-state index in [0.717, 1.165) is 0 Å². The van der Waals surface area contributed by atoms with Crippen molar-refractivity contribution in [2.75, 3.05) is 26.4 Å². The maximum Gasteiger partial charge on any atom is 0.171 e. The molecule has 0 atom stereocenters. The second-order valence-corrected chi connectivity index (χ2v) is 4.24. The first-order chi connectivity index (χ1) is 6.79. The van der Waals surface area contributed by atoms with E-state index < -0.39 is 5.41 Å². The maximum absolute atomic E-state index is 9.17. The van der Waals surface area contributed by atoms with Crippen LogP contribution in [0.15, 0.2) is 10.8 Å². The molecule has 1 aromatic heterocycles. The number of aliphatic hydroxyl groups excluding tert-OH is 2. The van der Waals surface area contributed by atoms with Crippen molar-refractivity contribution in [3.8, 4) is 11.5 Å². The third kappa shape index (κ3) is 1.58. The number of fused-ring (bicyclic) bond motifs is 1. The first-order valence-corrected chi connectivity index (χ1v) is 5.27. The van der Waals surface area contributed by atoms with Crippen LogP contribution in [0.25, 0.3) is 0 Å². The summed E-state index contributed by atoms with van der Waals surface area (Å²) in [6.45, 7) is 0.280. The molecule has 0 spiro atoms. The molecule has 0 saturated carbocycles. The quantitative estimate of drug-likeness (QED) is 0.755. The third-order valence-electron chi connectivity index (χ3n) is 2.33. The van der Waals surface area contributed by atoms with Crippen LogP contribution in [-0.4, -0.2) is 36.6 Å². The van der Waals surface area contributed by atoms with Gasteiger partial charge in [-0.1, -0.05) is 0 Å². The van der Waals surface area contributed by atoms with Crippen LogP contribution >= 0.6 is 11.3 Å². The van der Waals surface area contributed by atoms with Gasteiger partial charge in [-0.05, 0) is 0 Å². The summed E-state index contributed by atoms with van der Waals surface area (Å²) in [6.07, 6.45) is 0. The largest absolute Gasteiger partial charge is 0.488 e. The zero-order chi connectivity index (χ0) is 10.0. The van der Waals surface area contributed by atoms with Gasteiger partial charge in [0.05, 0.1) is 18.6 Å². The predicted molar refractivity (Wildman–Crippen MR) is 51.9 cm³/mol. The standard InChI is InChI=1S/C9H12O4S/c10-3-9(4-11)5-12-7-1-14-2-8(7)13-6-9/h1-2,10-11H,3-6H2. The van der Waals surface area contributed by atoms with Gasteiger partial charge in [0.25, 0.3) is 0 Å². The fourth-order valence-electron chi connectivity index (χ4n) is 1.22. The lowest BCUT2D eigenvalue weighted by Gasteiger charge is -2.25. The van der Waals surface area contributed by atoms with E-state index in [1.807, 2.05) is 10.8 Å². The summed E-state index contributed by atoms with van der Waals surface area (Å²) in [4.78, 5) is 0. The summed E-state index contributed by atoms with van der Waals surface area (Å²) in [6, 6.07) is 0. The Kier molecular flexibility index (Phi) is 2.62. The molecule has 0 bridgehead atoms. The minimum atomic E-state index is -0.684. The second kappa shape index (κ2) is 3.76. The highest BCUT2D eigenvalue weighted by Gasteiger charge is 2.34. The number of thiophene rings is 1. The van der Waals surface area contributed by atoms with Gasteiger partial charge in [0.1, 0.15) is 13.2 Å². The van der Waals surface area contributed by atoms with Gasteiger partial charge in [-0.25, -0.2) is 0 Å². The molecule has 0 aromatic carbocycles. The Labute approximate surface area is 85.7 Å². The smallest absolute Gasteiger partial charge is 0.171 e. The highest BCUT2D eigenvalue weighted by molar-refractivity contribution is 7.08. The molecule has 2 heterocycles. The average molecular weight is 216 g/mol. The molecule has 1 aromatic rings. The fourth-order valence-corrected chi connectivity index (χ4v) is 1.90. The second-order valence-electron chi connectivity index (χ2n) is 3.49. The molecule has 0 radical (unpaired) electrons. The molecule has 0 unspecified atom stereocenters. The number of ether oxygens (including phenoxy) is 2. The Bertz CT molecular complexity index is 281. The number of hydrogen-bond donors (Lipinski definition) is 2. The van der Waals surface area contributed by atoms with Crippen molar-refractivity contribution in [1.29, 1.82) is 0 Å². The van der Waals surface area contributed by atoms with Gasteiger partial charge >= 0.3 is 0 Å². The Morgan fingerprint density at radius 1 is 1.14 bits per heavy atom. The van der Waals surface area contributed by atoms with Crippen LogP contribution in [0, 0.1) is 5.41 Å². The molecule has 2 rings (SSSR count). The van der Waals surface area contributed by atoms with Gasteiger partial charge in [0.2, 0.25) is 0 Å². The Morgan fingerprint density at radius 3 is 2.07 bits per heavy atom. The van der Waals surface area contributed by atoms with Gasteiger partial charge in [0.15, 0.2) is 11.5 Å². The number of aliphatic hydroxyl groups is 2. The van der Waals surface area contributed by atoms with Crippen molar-refractivity contribution in [1.82, 2.24) is 0 Å². The summed E-state index contributed by atoms with van der Waals surface area (Å²) in [5, 5.41) is 22.0. The molecular formula is C9H12O4S.